The van der Waals surface area contributed by atoms with Crippen LogP contribution in [0.2, 0.25) is 0 Å². The minimum Gasteiger partial charge on any atom is -0.466 e. The van der Waals surface area contributed by atoms with Gasteiger partial charge in [0.1, 0.15) is 18.0 Å². The molecule has 0 bridgehead atoms. The summed E-state index contributed by atoms with van der Waals surface area (Å²) < 4.78 is 16.8. The number of nitrogens with one attached hydrogen (secondary N) is 1. The molecule has 188 valence electrons. The van der Waals surface area contributed by atoms with Crippen LogP contribution in [0, 0.1) is 18.3 Å². The van der Waals surface area contributed by atoms with Gasteiger partial charge in [0, 0.05) is 28.1 Å². The van der Waals surface area contributed by atoms with E-state index in [-0.39, 0.29) is 35.2 Å². The summed E-state index contributed by atoms with van der Waals surface area (Å²) in [5.74, 6) is -1.87. The number of carbonyl (C=O) groups excluding carboxylic acids is 2. The fourth-order valence-corrected chi connectivity index (χ4v) is 4.65. The highest BCUT2D eigenvalue weighted by atomic mass is 16.5. The lowest BCUT2D eigenvalue weighted by Gasteiger charge is -2.30. The molecule has 1 aliphatic heterocycles. The van der Waals surface area contributed by atoms with E-state index in [1.165, 1.54) is 7.11 Å². The second kappa shape index (κ2) is 10.5. The maximum absolute atomic E-state index is 13.4. The Morgan fingerprint density at radius 3 is 2.32 bits per heavy atom. The van der Waals surface area contributed by atoms with Gasteiger partial charge >= 0.3 is 11.9 Å². The van der Waals surface area contributed by atoms with Gasteiger partial charge in [-0.1, -0.05) is 42.5 Å². The number of allylic oxidation sites excluding steroid dienone is 2. The highest BCUT2D eigenvalue weighted by molar-refractivity contribution is 6.01. The lowest BCUT2D eigenvalue weighted by atomic mass is 9.79. The van der Waals surface area contributed by atoms with Crippen molar-refractivity contribution in [2.24, 2.45) is 0 Å². The van der Waals surface area contributed by atoms with E-state index >= 15 is 0 Å². The minimum absolute atomic E-state index is 0.0255. The first-order valence-electron chi connectivity index (χ1n) is 11.7. The number of ether oxygens (including phenoxy) is 2. The number of nitriles is 1. The zero-order valence-corrected chi connectivity index (χ0v) is 21.0. The highest BCUT2D eigenvalue weighted by Crippen LogP contribution is 2.42. The number of benzene rings is 2. The van der Waals surface area contributed by atoms with Crippen LogP contribution in [0.1, 0.15) is 37.3 Å². The normalized spacial score (nSPS) is 15.3. The van der Waals surface area contributed by atoms with E-state index in [1.54, 1.807) is 39.0 Å². The Morgan fingerprint density at radius 2 is 1.68 bits per heavy atom. The van der Waals surface area contributed by atoms with E-state index in [0.29, 0.717) is 33.7 Å². The van der Waals surface area contributed by atoms with Crippen LogP contribution < -0.4 is 10.7 Å². The van der Waals surface area contributed by atoms with Gasteiger partial charge < -0.3 is 19.2 Å². The molecule has 0 saturated carbocycles. The molecule has 1 N–H and O–H groups in total. The average Bonchev–Trinajstić information content (AvgIpc) is 2.90. The van der Waals surface area contributed by atoms with Crippen LogP contribution in [-0.2, 0) is 19.1 Å². The zero-order valence-electron chi connectivity index (χ0n) is 21.0. The number of hydrogen-bond acceptors (Lipinski definition) is 8. The van der Waals surface area contributed by atoms with Crippen molar-refractivity contribution < 1.29 is 23.5 Å². The van der Waals surface area contributed by atoms with Crippen LogP contribution in [0.25, 0.3) is 22.3 Å². The summed E-state index contributed by atoms with van der Waals surface area (Å²) in [7, 11) is 1.26. The maximum Gasteiger partial charge on any atom is 0.336 e. The van der Waals surface area contributed by atoms with E-state index in [4.69, 9.17) is 19.2 Å². The Labute approximate surface area is 213 Å². The summed E-state index contributed by atoms with van der Waals surface area (Å²) in [5.41, 5.74) is 3.00. The minimum atomic E-state index is -0.943. The molecule has 0 amide bonds. The van der Waals surface area contributed by atoms with Crippen molar-refractivity contribution in [3.8, 4) is 17.4 Å². The molecule has 0 aliphatic carbocycles. The third-order valence-corrected chi connectivity index (χ3v) is 6.36. The van der Waals surface area contributed by atoms with Crippen molar-refractivity contribution in [3.63, 3.8) is 0 Å². The van der Waals surface area contributed by atoms with Gasteiger partial charge in [-0.3, -0.25) is 4.79 Å². The van der Waals surface area contributed by atoms with Crippen molar-refractivity contribution in [3.05, 3.63) is 92.4 Å². The summed E-state index contributed by atoms with van der Waals surface area (Å²) in [6.07, 6.45) is 0.0255. The molecule has 1 unspecified atom stereocenters. The summed E-state index contributed by atoms with van der Waals surface area (Å²) in [6.45, 7) is 5.02. The number of esters is 2. The number of fused-ring (bicyclic) bond motifs is 1. The molecule has 1 aliphatic rings. The Kier molecular flexibility index (Phi) is 7.25. The Hall–Kier alpha value is -4.64. The van der Waals surface area contributed by atoms with Crippen molar-refractivity contribution >= 4 is 22.9 Å². The lowest BCUT2D eigenvalue weighted by molar-refractivity contribution is -0.139. The number of para-hydroxylation sites is 1. The van der Waals surface area contributed by atoms with Crippen LogP contribution in [0.4, 0.5) is 0 Å². The van der Waals surface area contributed by atoms with Crippen LogP contribution in [-0.4, -0.2) is 25.7 Å². The van der Waals surface area contributed by atoms with E-state index < -0.39 is 17.9 Å². The van der Waals surface area contributed by atoms with Gasteiger partial charge in [-0.15, -0.1) is 0 Å². The smallest absolute Gasteiger partial charge is 0.336 e. The monoisotopic (exact) mass is 498 g/mol. The number of dihydropyridines is 1. The summed E-state index contributed by atoms with van der Waals surface area (Å²) in [4.78, 5) is 39.7. The van der Waals surface area contributed by atoms with Gasteiger partial charge in [0.05, 0.1) is 42.1 Å². The molecule has 4 rings (SSSR count). The molecule has 1 atom stereocenters. The zero-order chi connectivity index (χ0) is 26.7. The van der Waals surface area contributed by atoms with Crippen molar-refractivity contribution in [1.82, 2.24) is 5.32 Å². The SMILES string of the molecule is COC(=O)C1=C(C)NC(C)=C(C(=O)OCCC#N)C1c1cccc2c(=O)c(C)c(-c3ccccc3)oc12. The quantitative estimate of drug-likeness (QED) is 0.386. The van der Waals surface area contributed by atoms with Gasteiger partial charge in [-0.2, -0.15) is 5.26 Å². The van der Waals surface area contributed by atoms with E-state index in [9.17, 15) is 14.4 Å². The molecule has 3 aromatic rings. The number of hydrogen-bond donors (Lipinski definition) is 1. The first-order valence-corrected chi connectivity index (χ1v) is 11.7. The molecule has 2 heterocycles. The number of nitrogens with zero attached hydrogens (tertiary/aromatic N) is 1. The summed E-state index contributed by atoms with van der Waals surface area (Å²) in [6, 6.07) is 16.3. The predicted molar refractivity (Wildman–Crippen MR) is 137 cm³/mol. The third kappa shape index (κ3) is 4.64. The summed E-state index contributed by atoms with van der Waals surface area (Å²) in [5, 5.41) is 12.3. The first kappa shape index (κ1) is 25.5. The Morgan fingerprint density at radius 1 is 1.00 bits per heavy atom. The Bertz CT molecular complexity index is 1560. The van der Waals surface area contributed by atoms with Gasteiger partial charge in [0.25, 0.3) is 0 Å². The van der Waals surface area contributed by atoms with Crippen molar-refractivity contribution in [2.45, 2.75) is 33.1 Å². The van der Waals surface area contributed by atoms with E-state index in [0.717, 1.165) is 5.56 Å². The molecular formula is C29H26N2O6. The van der Waals surface area contributed by atoms with Gasteiger partial charge in [0.15, 0.2) is 5.43 Å². The number of rotatable bonds is 6. The lowest BCUT2D eigenvalue weighted by Crippen LogP contribution is -2.32. The molecular weight excluding hydrogens is 472 g/mol. The van der Waals surface area contributed by atoms with Gasteiger partial charge in [-0.05, 0) is 26.8 Å². The van der Waals surface area contributed by atoms with Crippen LogP contribution >= 0.6 is 0 Å². The fraction of sp³-hybridized carbons (Fsp3) is 0.241. The summed E-state index contributed by atoms with van der Waals surface area (Å²) >= 11 is 0. The van der Waals surface area contributed by atoms with E-state index in [2.05, 4.69) is 5.32 Å². The largest absolute Gasteiger partial charge is 0.466 e. The topological polar surface area (TPSA) is 119 Å². The molecule has 0 fully saturated rings. The second-order valence-electron chi connectivity index (χ2n) is 8.65. The number of carbonyl (C=O) groups is 2. The molecule has 0 saturated heterocycles. The van der Waals surface area contributed by atoms with Crippen LogP contribution in [0.5, 0.6) is 0 Å². The molecule has 0 radical (unpaired) electrons. The third-order valence-electron chi connectivity index (χ3n) is 6.36. The van der Waals surface area contributed by atoms with Gasteiger partial charge in [0.2, 0.25) is 0 Å². The molecule has 2 aromatic carbocycles. The van der Waals surface area contributed by atoms with Crippen LogP contribution in [0.15, 0.2) is 80.3 Å². The molecule has 0 spiro atoms. The molecule has 8 heteroatoms. The molecule has 8 nitrogen and oxygen atoms in total. The van der Waals surface area contributed by atoms with Crippen molar-refractivity contribution in [1.29, 1.82) is 5.26 Å². The first-order chi connectivity index (χ1) is 17.8. The Balaban J connectivity index is 2.02. The molecule has 37 heavy (non-hydrogen) atoms. The van der Waals surface area contributed by atoms with Gasteiger partial charge in [-0.25, -0.2) is 9.59 Å². The van der Waals surface area contributed by atoms with E-state index in [1.807, 2.05) is 36.4 Å². The van der Waals surface area contributed by atoms with Crippen molar-refractivity contribution in [2.75, 3.05) is 13.7 Å². The molecule has 1 aromatic heterocycles. The second-order valence-corrected chi connectivity index (χ2v) is 8.65. The number of methoxy groups -OCH3 is 1. The standard InChI is InChI=1S/C29H26N2O6/c1-16-25(32)21-13-8-12-20(27(21)37-26(16)19-10-6-5-7-11-19)24-22(28(33)35-4)17(2)31-18(3)23(24)29(34)36-15-9-14-30/h5-8,10-13,24,31H,9,15H2,1-4H3. The maximum atomic E-state index is 13.4. The fourth-order valence-electron chi connectivity index (χ4n) is 4.65. The predicted octanol–water partition coefficient (Wildman–Crippen LogP) is 4.63. The highest BCUT2D eigenvalue weighted by Gasteiger charge is 2.39. The average molecular weight is 499 g/mol. The van der Waals surface area contributed by atoms with Crippen LogP contribution in [0.3, 0.4) is 0 Å².